The number of nitrogens with zero attached hydrogens (tertiary/aromatic N) is 1. The number of halogens is 1. The predicted octanol–water partition coefficient (Wildman–Crippen LogP) is 3.95. The molecule has 1 amide bonds. The predicted molar refractivity (Wildman–Crippen MR) is 124 cm³/mol. The lowest BCUT2D eigenvalue weighted by atomic mass is 10.1. The van der Waals surface area contributed by atoms with Gasteiger partial charge in [-0.05, 0) is 36.1 Å². The number of guanidine groups is 1. The summed E-state index contributed by atoms with van der Waals surface area (Å²) in [6.45, 7) is 3.50. The van der Waals surface area contributed by atoms with Crippen LogP contribution in [0.25, 0.3) is 0 Å². The van der Waals surface area contributed by atoms with Gasteiger partial charge < -0.3 is 16.0 Å². The third-order valence-corrected chi connectivity index (χ3v) is 3.95. The smallest absolute Gasteiger partial charge is 0.224 e. The minimum absolute atomic E-state index is 0. The highest BCUT2D eigenvalue weighted by Gasteiger charge is 2.02. The maximum Gasteiger partial charge on any atom is 0.224 e. The van der Waals surface area contributed by atoms with E-state index in [4.69, 9.17) is 0 Å². The highest BCUT2D eigenvalue weighted by molar-refractivity contribution is 14.0. The summed E-state index contributed by atoms with van der Waals surface area (Å²) in [5.41, 5.74) is 3.26. The monoisotopic (exact) mass is 480 g/mol. The van der Waals surface area contributed by atoms with E-state index in [0.717, 1.165) is 36.6 Å². The summed E-state index contributed by atoms with van der Waals surface area (Å²) in [6.07, 6.45) is 2.35. The van der Waals surface area contributed by atoms with E-state index in [2.05, 4.69) is 45.2 Å². The molecule has 0 unspecified atom stereocenters. The number of nitrogens with one attached hydrogen (secondary N) is 3. The van der Waals surface area contributed by atoms with E-state index in [0.29, 0.717) is 13.0 Å². The summed E-state index contributed by atoms with van der Waals surface area (Å²) in [6, 6.07) is 18.2. The molecule has 0 heterocycles. The fourth-order valence-electron chi connectivity index (χ4n) is 2.53. The van der Waals surface area contributed by atoms with Gasteiger partial charge in [0.25, 0.3) is 0 Å². The van der Waals surface area contributed by atoms with Crippen LogP contribution in [-0.2, 0) is 17.8 Å². The number of carbonyl (C=O) groups excluding carboxylic acids is 1. The topological polar surface area (TPSA) is 65.5 Å². The molecule has 27 heavy (non-hydrogen) atoms. The van der Waals surface area contributed by atoms with Gasteiger partial charge in [0.1, 0.15) is 0 Å². The van der Waals surface area contributed by atoms with E-state index in [9.17, 15) is 4.79 Å². The van der Waals surface area contributed by atoms with Crippen molar-refractivity contribution in [2.45, 2.75) is 32.7 Å². The Hall–Kier alpha value is -2.09. The van der Waals surface area contributed by atoms with Crippen LogP contribution in [0.5, 0.6) is 0 Å². The van der Waals surface area contributed by atoms with Gasteiger partial charge in [-0.1, -0.05) is 49.4 Å². The first-order chi connectivity index (χ1) is 12.7. The Labute approximate surface area is 179 Å². The van der Waals surface area contributed by atoms with Crippen molar-refractivity contribution in [1.29, 1.82) is 0 Å². The molecule has 3 N–H and O–H groups in total. The van der Waals surface area contributed by atoms with E-state index < -0.39 is 0 Å². The van der Waals surface area contributed by atoms with Crippen molar-refractivity contribution in [1.82, 2.24) is 10.6 Å². The van der Waals surface area contributed by atoms with Crippen LogP contribution in [0, 0.1) is 0 Å². The Morgan fingerprint density at radius 3 is 2.30 bits per heavy atom. The van der Waals surface area contributed by atoms with Gasteiger partial charge in [0.2, 0.25) is 5.91 Å². The lowest BCUT2D eigenvalue weighted by Crippen LogP contribution is -2.37. The minimum atomic E-state index is 0. The lowest BCUT2D eigenvalue weighted by molar-refractivity contribution is -0.116. The second-order valence-corrected chi connectivity index (χ2v) is 6.08. The van der Waals surface area contributed by atoms with Gasteiger partial charge in [-0.25, -0.2) is 0 Å². The van der Waals surface area contributed by atoms with Crippen LogP contribution in [-0.4, -0.2) is 25.5 Å². The molecule has 0 saturated heterocycles. The van der Waals surface area contributed by atoms with Crippen molar-refractivity contribution >= 4 is 41.5 Å². The van der Waals surface area contributed by atoms with Gasteiger partial charge in [0.15, 0.2) is 5.96 Å². The fourth-order valence-corrected chi connectivity index (χ4v) is 2.53. The molecule has 0 radical (unpaired) electrons. The van der Waals surface area contributed by atoms with Crippen LogP contribution >= 0.6 is 24.0 Å². The summed E-state index contributed by atoms with van der Waals surface area (Å²) < 4.78 is 0. The molecule has 146 valence electrons. The van der Waals surface area contributed by atoms with Gasteiger partial charge in [0, 0.05) is 32.2 Å². The maximum absolute atomic E-state index is 11.6. The minimum Gasteiger partial charge on any atom is -0.356 e. The van der Waals surface area contributed by atoms with Crippen LogP contribution < -0.4 is 16.0 Å². The van der Waals surface area contributed by atoms with Crippen LogP contribution in [0.3, 0.4) is 0 Å². The average Bonchev–Trinajstić information content (AvgIpc) is 2.66. The maximum atomic E-state index is 11.6. The van der Waals surface area contributed by atoms with Gasteiger partial charge >= 0.3 is 0 Å². The molecule has 0 aliphatic carbocycles. The molecular formula is C21H29IN4O. The van der Waals surface area contributed by atoms with Crippen LogP contribution in [0.4, 0.5) is 5.69 Å². The van der Waals surface area contributed by atoms with Crippen LogP contribution in [0.2, 0.25) is 0 Å². The zero-order valence-electron chi connectivity index (χ0n) is 16.0. The van der Waals surface area contributed by atoms with E-state index in [1.54, 1.807) is 7.05 Å². The van der Waals surface area contributed by atoms with Gasteiger partial charge in [0.05, 0.1) is 0 Å². The molecule has 0 atom stereocenters. The van der Waals surface area contributed by atoms with Crippen molar-refractivity contribution in [3.8, 4) is 0 Å². The van der Waals surface area contributed by atoms with Crippen molar-refractivity contribution in [3.63, 3.8) is 0 Å². The lowest BCUT2D eigenvalue weighted by Gasteiger charge is -2.12. The van der Waals surface area contributed by atoms with Gasteiger partial charge in [-0.15, -0.1) is 24.0 Å². The molecule has 5 nitrogen and oxygen atoms in total. The highest BCUT2D eigenvalue weighted by atomic mass is 127. The molecule has 0 spiro atoms. The van der Waals surface area contributed by atoms with E-state index in [-0.39, 0.29) is 29.9 Å². The SMILES string of the molecule is CCCC(=O)Nc1ccc(CNC(=NC)NCCc2ccccc2)cc1.I. The molecule has 2 aromatic rings. The standard InChI is InChI=1S/C21H28N4O.HI/c1-3-7-20(26)25-19-12-10-18(11-13-19)16-24-21(22-2)23-15-14-17-8-5-4-6-9-17;/h4-6,8-13H,3,7,14-16H2,1-2H3,(H,25,26)(H2,22,23,24);1H. The Balaban J connectivity index is 0.00000364. The Morgan fingerprint density at radius 2 is 1.67 bits per heavy atom. The summed E-state index contributed by atoms with van der Waals surface area (Å²) in [7, 11) is 1.77. The molecule has 0 fully saturated rings. The Morgan fingerprint density at radius 1 is 0.963 bits per heavy atom. The molecule has 0 bridgehead atoms. The Kier molecular flexibility index (Phi) is 11.2. The number of benzene rings is 2. The molecule has 0 aliphatic rings. The molecule has 0 aliphatic heterocycles. The van der Waals surface area contributed by atoms with E-state index in [1.165, 1.54) is 5.56 Å². The number of aliphatic imine (C=N–C) groups is 1. The number of hydrogen-bond acceptors (Lipinski definition) is 2. The summed E-state index contributed by atoms with van der Waals surface area (Å²) in [5.74, 6) is 0.836. The number of hydrogen-bond donors (Lipinski definition) is 3. The number of amides is 1. The van der Waals surface area contributed by atoms with Gasteiger partial charge in [-0.3, -0.25) is 9.79 Å². The highest BCUT2D eigenvalue weighted by Crippen LogP contribution is 2.10. The number of carbonyl (C=O) groups is 1. The zero-order valence-corrected chi connectivity index (χ0v) is 18.3. The molecule has 6 heteroatoms. The molecule has 0 saturated carbocycles. The molecule has 2 rings (SSSR count). The number of anilines is 1. The Bertz CT molecular complexity index is 702. The first-order valence-electron chi connectivity index (χ1n) is 9.08. The quantitative estimate of drug-likeness (QED) is 0.305. The van der Waals surface area contributed by atoms with Crippen molar-refractivity contribution in [2.75, 3.05) is 18.9 Å². The molecular weight excluding hydrogens is 451 g/mol. The van der Waals surface area contributed by atoms with Crippen molar-refractivity contribution < 1.29 is 4.79 Å². The van der Waals surface area contributed by atoms with Crippen molar-refractivity contribution in [3.05, 3.63) is 65.7 Å². The summed E-state index contributed by atoms with van der Waals surface area (Å²) in [4.78, 5) is 15.9. The summed E-state index contributed by atoms with van der Waals surface area (Å²) >= 11 is 0. The van der Waals surface area contributed by atoms with Crippen molar-refractivity contribution in [2.24, 2.45) is 4.99 Å². The molecule has 0 aromatic heterocycles. The van der Waals surface area contributed by atoms with E-state index in [1.807, 2.05) is 37.3 Å². The largest absolute Gasteiger partial charge is 0.356 e. The number of rotatable bonds is 8. The van der Waals surface area contributed by atoms with E-state index >= 15 is 0 Å². The third kappa shape index (κ3) is 8.90. The van der Waals surface area contributed by atoms with Crippen LogP contribution in [0.15, 0.2) is 59.6 Å². The fraction of sp³-hybridized carbons (Fsp3) is 0.333. The zero-order chi connectivity index (χ0) is 18.6. The molecule has 2 aromatic carbocycles. The first-order valence-corrected chi connectivity index (χ1v) is 9.08. The van der Waals surface area contributed by atoms with Crippen LogP contribution in [0.1, 0.15) is 30.9 Å². The average molecular weight is 480 g/mol. The van der Waals surface area contributed by atoms with Gasteiger partial charge in [-0.2, -0.15) is 0 Å². The normalized spacial score (nSPS) is 10.7. The summed E-state index contributed by atoms with van der Waals surface area (Å²) in [5, 5.41) is 9.52. The third-order valence-electron chi connectivity index (χ3n) is 3.95. The second-order valence-electron chi connectivity index (χ2n) is 6.08. The second kappa shape index (κ2) is 13.1. The first kappa shape index (κ1) is 23.0.